The zero-order valence-electron chi connectivity index (χ0n) is 5.83. The van der Waals surface area contributed by atoms with Crippen molar-refractivity contribution in [3.63, 3.8) is 0 Å². The second-order valence-electron chi connectivity index (χ2n) is 1.80. The maximum Gasteiger partial charge on any atom is 0.360 e. The standard InChI is InChI=1S/C6H6FNO3/c1-10-6(9)5-2-4(3-7)11-8-5/h2H,3H2,1H3. The molecule has 0 fully saturated rings. The SMILES string of the molecule is COC(=O)c1cc(CF)on1. The predicted molar refractivity (Wildman–Crippen MR) is 32.7 cm³/mol. The highest BCUT2D eigenvalue weighted by Crippen LogP contribution is 2.05. The molecule has 0 radical (unpaired) electrons. The van der Waals surface area contributed by atoms with Crippen LogP contribution in [0, 0.1) is 0 Å². The summed E-state index contributed by atoms with van der Waals surface area (Å²) in [5, 5.41) is 3.27. The Kier molecular flexibility index (Phi) is 2.20. The number of halogens is 1. The monoisotopic (exact) mass is 159 g/mol. The van der Waals surface area contributed by atoms with Crippen LogP contribution in [0.3, 0.4) is 0 Å². The number of nitrogens with zero attached hydrogens (tertiary/aromatic N) is 1. The molecule has 0 aliphatic rings. The first-order valence-electron chi connectivity index (χ1n) is 2.87. The molecule has 60 valence electrons. The molecule has 5 heteroatoms. The Morgan fingerprint density at radius 1 is 1.91 bits per heavy atom. The molecular formula is C6H6FNO3. The molecule has 1 aromatic rings. The largest absolute Gasteiger partial charge is 0.464 e. The van der Waals surface area contributed by atoms with Gasteiger partial charge in [-0.25, -0.2) is 9.18 Å². The Morgan fingerprint density at radius 3 is 3.09 bits per heavy atom. The summed E-state index contributed by atoms with van der Waals surface area (Å²) in [7, 11) is 1.21. The normalized spacial score (nSPS) is 9.64. The van der Waals surface area contributed by atoms with E-state index in [4.69, 9.17) is 0 Å². The van der Waals surface area contributed by atoms with Gasteiger partial charge in [0.15, 0.2) is 11.5 Å². The van der Waals surface area contributed by atoms with Crippen molar-refractivity contribution >= 4 is 5.97 Å². The molecule has 0 aromatic carbocycles. The highest BCUT2D eigenvalue weighted by Gasteiger charge is 2.11. The van der Waals surface area contributed by atoms with Crippen LogP contribution < -0.4 is 0 Å². The smallest absolute Gasteiger partial charge is 0.360 e. The summed E-state index contributed by atoms with van der Waals surface area (Å²) in [6.45, 7) is -0.774. The fraction of sp³-hybridized carbons (Fsp3) is 0.333. The van der Waals surface area contributed by atoms with Gasteiger partial charge in [-0.2, -0.15) is 0 Å². The van der Waals surface area contributed by atoms with Crippen molar-refractivity contribution in [2.45, 2.75) is 6.67 Å². The number of carbonyl (C=O) groups excluding carboxylic acids is 1. The Balaban J connectivity index is 2.80. The molecule has 0 amide bonds. The molecule has 0 N–H and O–H groups in total. The lowest BCUT2D eigenvalue weighted by molar-refractivity contribution is 0.0589. The molecule has 0 bridgehead atoms. The molecule has 0 saturated heterocycles. The van der Waals surface area contributed by atoms with E-state index >= 15 is 0 Å². The van der Waals surface area contributed by atoms with Crippen molar-refractivity contribution in [2.75, 3.05) is 7.11 Å². The Bertz CT molecular complexity index is 258. The fourth-order valence-corrected chi connectivity index (χ4v) is 0.577. The van der Waals surface area contributed by atoms with Crippen LogP contribution in [0.2, 0.25) is 0 Å². The summed E-state index contributed by atoms with van der Waals surface area (Å²) in [4.78, 5) is 10.7. The zero-order chi connectivity index (χ0) is 8.27. The number of ether oxygens (including phenoxy) is 1. The minimum absolute atomic E-state index is 0.0137. The number of esters is 1. The Morgan fingerprint density at radius 2 is 2.64 bits per heavy atom. The molecule has 4 nitrogen and oxygen atoms in total. The number of hydrogen-bond donors (Lipinski definition) is 0. The number of rotatable bonds is 2. The number of alkyl halides is 1. The molecule has 0 saturated carbocycles. The van der Waals surface area contributed by atoms with Crippen LogP contribution >= 0.6 is 0 Å². The summed E-state index contributed by atoms with van der Waals surface area (Å²) >= 11 is 0. The minimum atomic E-state index is -0.774. The first-order valence-corrected chi connectivity index (χ1v) is 2.87. The van der Waals surface area contributed by atoms with Crippen molar-refractivity contribution in [1.82, 2.24) is 5.16 Å². The van der Waals surface area contributed by atoms with Crippen LogP contribution in [0.4, 0.5) is 4.39 Å². The highest BCUT2D eigenvalue weighted by atomic mass is 19.1. The van der Waals surface area contributed by atoms with Crippen molar-refractivity contribution in [1.29, 1.82) is 0 Å². The summed E-state index contributed by atoms with van der Waals surface area (Å²) in [6.07, 6.45) is 0. The third-order valence-corrected chi connectivity index (χ3v) is 1.09. The quantitative estimate of drug-likeness (QED) is 0.602. The van der Waals surface area contributed by atoms with Crippen LogP contribution in [-0.4, -0.2) is 18.2 Å². The third kappa shape index (κ3) is 1.54. The summed E-state index contributed by atoms with van der Waals surface area (Å²) in [5.74, 6) is -0.612. The molecule has 0 atom stereocenters. The van der Waals surface area contributed by atoms with E-state index in [1.807, 2.05) is 0 Å². The van der Waals surface area contributed by atoms with Crippen molar-refractivity contribution in [2.24, 2.45) is 0 Å². The molecule has 11 heavy (non-hydrogen) atoms. The van der Waals surface area contributed by atoms with Gasteiger partial charge in [-0.1, -0.05) is 5.16 Å². The van der Waals surface area contributed by atoms with E-state index in [0.29, 0.717) is 0 Å². The van der Waals surface area contributed by atoms with Gasteiger partial charge in [-0.3, -0.25) is 0 Å². The van der Waals surface area contributed by atoms with Crippen molar-refractivity contribution in [3.8, 4) is 0 Å². The lowest BCUT2D eigenvalue weighted by Crippen LogP contribution is -2.00. The first-order chi connectivity index (χ1) is 5.27. The summed E-state index contributed by atoms with van der Waals surface area (Å²) in [6, 6.07) is 1.20. The van der Waals surface area contributed by atoms with Crippen LogP contribution in [-0.2, 0) is 11.4 Å². The predicted octanol–water partition coefficient (Wildman–Crippen LogP) is 0.931. The van der Waals surface area contributed by atoms with E-state index < -0.39 is 12.6 Å². The molecule has 0 aliphatic carbocycles. The van der Waals surface area contributed by atoms with E-state index in [9.17, 15) is 9.18 Å². The minimum Gasteiger partial charge on any atom is -0.464 e. The van der Waals surface area contributed by atoms with E-state index in [0.717, 1.165) is 0 Å². The number of carbonyl (C=O) groups is 1. The topological polar surface area (TPSA) is 52.3 Å². The van der Waals surface area contributed by atoms with Crippen LogP contribution in [0.15, 0.2) is 10.6 Å². The van der Waals surface area contributed by atoms with Gasteiger partial charge in [0.2, 0.25) is 0 Å². The van der Waals surface area contributed by atoms with Gasteiger partial charge in [0.1, 0.15) is 6.67 Å². The van der Waals surface area contributed by atoms with E-state index in [1.165, 1.54) is 13.2 Å². The second-order valence-corrected chi connectivity index (χ2v) is 1.80. The maximum atomic E-state index is 11.8. The lowest BCUT2D eigenvalue weighted by atomic mass is 10.4. The second kappa shape index (κ2) is 3.14. The first kappa shape index (κ1) is 7.71. The van der Waals surface area contributed by atoms with Gasteiger partial charge in [-0.15, -0.1) is 0 Å². The molecular weight excluding hydrogens is 153 g/mol. The molecule has 1 aromatic heterocycles. The third-order valence-electron chi connectivity index (χ3n) is 1.09. The summed E-state index contributed by atoms with van der Waals surface area (Å²) in [5.41, 5.74) is -0.0137. The van der Waals surface area contributed by atoms with Gasteiger partial charge in [-0.05, 0) is 0 Å². The molecule has 1 heterocycles. The van der Waals surface area contributed by atoms with Crippen LogP contribution in [0.1, 0.15) is 16.2 Å². The average molecular weight is 159 g/mol. The zero-order valence-corrected chi connectivity index (χ0v) is 5.83. The van der Waals surface area contributed by atoms with Crippen molar-refractivity contribution < 1.29 is 18.4 Å². The molecule has 0 aliphatic heterocycles. The number of aromatic nitrogens is 1. The molecule has 1 rings (SSSR count). The van der Waals surface area contributed by atoms with Crippen LogP contribution in [0.25, 0.3) is 0 Å². The van der Waals surface area contributed by atoms with E-state index in [-0.39, 0.29) is 11.5 Å². The van der Waals surface area contributed by atoms with E-state index in [2.05, 4.69) is 14.4 Å². The summed E-state index contributed by atoms with van der Waals surface area (Å²) < 4.78 is 20.5. The maximum absolute atomic E-state index is 11.8. The lowest BCUT2D eigenvalue weighted by Gasteiger charge is -1.88. The van der Waals surface area contributed by atoms with Crippen molar-refractivity contribution in [3.05, 3.63) is 17.5 Å². The van der Waals surface area contributed by atoms with Crippen LogP contribution in [0.5, 0.6) is 0 Å². The highest BCUT2D eigenvalue weighted by molar-refractivity contribution is 5.86. The van der Waals surface area contributed by atoms with Gasteiger partial charge in [0.25, 0.3) is 0 Å². The number of hydrogen-bond acceptors (Lipinski definition) is 4. The van der Waals surface area contributed by atoms with Gasteiger partial charge in [0.05, 0.1) is 7.11 Å². The fourth-order valence-electron chi connectivity index (χ4n) is 0.577. The Labute approximate surface area is 61.9 Å². The Hall–Kier alpha value is -1.39. The molecule has 0 unspecified atom stereocenters. The van der Waals surface area contributed by atoms with Gasteiger partial charge < -0.3 is 9.26 Å². The number of methoxy groups -OCH3 is 1. The van der Waals surface area contributed by atoms with Gasteiger partial charge in [0, 0.05) is 6.07 Å². The average Bonchev–Trinajstić information content (AvgIpc) is 2.50. The van der Waals surface area contributed by atoms with E-state index in [1.54, 1.807) is 0 Å². The molecule has 0 spiro atoms. The van der Waals surface area contributed by atoms with Gasteiger partial charge >= 0.3 is 5.97 Å².